The Bertz CT molecular complexity index is 616. The SMILES string of the molecule is CCC(NC(=O)c1cc(NC)ncc1Cl)c1ccccc1. The highest BCUT2D eigenvalue weighted by atomic mass is 35.5. The van der Waals surface area contributed by atoms with Gasteiger partial charge >= 0.3 is 0 Å². The molecule has 0 aliphatic heterocycles. The predicted octanol–water partition coefficient (Wildman–Crippen LogP) is 3.66. The normalized spacial score (nSPS) is 11.8. The highest BCUT2D eigenvalue weighted by molar-refractivity contribution is 6.33. The summed E-state index contributed by atoms with van der Waals surface area (Å²) in [6.45, 7) is 2.03. The summed E-state index contributed by atoms with van der Waals surface area (Å²) < 4.78 is 0. The van der Waals surface area contributed by atoms with Gasteiger partial charge in [-0.05, 0) is 18.1 Å². The van der Waals surface area contributed by atoms with E-state index in [2.05, 4.69) is 15.6 Å². The minimum Gasteiger partial charge on any atom is -0.373 e. The van der Waals surface area contributed by atoms with Gasteiger partial charge in [0.15, 0.2) is 0 Å². The number of nitrogens with zero attached hydrogens (tertiary/aromatic N) is 1. The molecule has 21 heavy (non-hydrogen) atoms. The molecule has 1 aromatic heterocycles. The largest absolute Gasteiger partial charge is 0.373 e. The average molecular weight is 304 g/mol. The van der Waals surface area contributed by atoms with Crippen LogP contribution in [0.15, 0.2) is 42.6 Å². The Balaban J connectivity index is 2.20. The molecule has 0 saturated heterocycles. The topological polar surface area (TPSA) is 54.0 Å². The van der Waals surface area contributed by atoms with Crippen LogP contribution in [0.3, 0.4) is 0 Å². The number of benzene rings is 1. The van der Waals surface area contributed by atoms with Crippen molar-refractivity contribution >= 4 is 23.3 Å². The summed E-state index contributed by atoms with van der Waals surface area (Å²) in [4.78, 5) is 16.5. The van der Waals surface area contributed by atoms with Crippen molar-refractivity contribution in [2.45, 2.75) is 19.4 Å². The van der Waals surface area contributed by atoms with Gasteiger partial charge in [-0.25, -0.2) is 4.98 Å². The zero-order chi connectivity index (χ0) is 15.2. The number of nitrogens with one attached hydrogen (secondary N) is 2. The van der Waals surface area contributed by atoms with E-state index >= 15 is 0 Å². The Kier molecular flexibility index (Phi) is 5.17. The van der Waals surface area contributed by atoms with Crippen molar-refractivity contribution in [2.24, 2.45) is 0 Å². The summed E-state index contributed by atoms with van der Waals surface area (Å²) in [5.74, 6) is 0.409. The molecule has 110 valence electrons. The molecule has 4 nitrogen and oxygen atoms in total. The first-order valence-corrected chi connectivity index (χ1v) is 7.22. The smallest absolute Gasteiger partial charge is 0.253 e. The van der Waals surface area contributed by atoms with Gasteiger partial charge in [0.1, 0.15) is 5.82 Å². The van der Waals surface area contributed by atoms with Crippen LogP contribution in [0.2, 0.25) is 5.02 Å². The Morgan fingerprint density at radius 2 is 2.05 bits per heavy atom. The van der Waals surface area contributed by atoms with Gasteiger partial charge in [0, 0.05) is 13.2 Å². The maximum absolute atomic E-state index is 12.4. The Morgan fingerprint density at radius 3 is 2.67 bits per heavy atom. The quantitative estimate of drug-likeness (QED) is 0.886. The second-order valence-electron chi connectivity index (χ2n) is 4.64. The third-order valence-corrected chi connectivity index (χ3v) is 3.57. The van der Waals surface area contributed by atoms with Gasteiger partial charge in [0.05, 0.1) is 16.6 Å². The summed E-state index contributed by atoms with van der Waals surface area (Å²) in [7, 11) is 1.75. The minimum atomic E-state index is -0.199. The lowest BCUT2D eigenvalue weighted by atomic mass is 10.0. The molecular formula is C16H18ClN3O. The number of carbonyl (C=O) groups excluding carboxylic acids is 1. The second kappa shape index (κ2) is 7.09. The lowest BCUT2D eigenvalue weighted by molar-refractivity contribution is 0.0935. The van der Waals surface area contributed by atoms with Crippen molar-refractivity contribution in [3.8, 4) is 0 Å². The van der Waals surface area contributed by atoms with Crippen LogP contribution in [-0.4, -0.2) is 17.9 Å². The van der Waals surface area contributed by atoms with E-state index in [-0.39, 0.29) is 11.9 Å². The molecule has 0 radical (unpaired) electrons. The predicted molar refractivity (Wildman–Crippen MR) is 85.7 cm³/mol. The van der Waals surface area contributed by atoms with Gasteiger partial charge < -0.3 is 10.6 Å². The number of rotatable bonds is 5. The van der Waals surface area contributed by atoms with E-state index in [1.807, 2.05) is 37.3 Å². The third-order valence-electron chi connectivity index (χ3n) is 3.27. The highest BCUT2D eigenvalue weighted by Crippen LogP contribution is 2.21. The highest BCUT2D eigenvalue weighted by Gasteiger charge is 2.17. The van der Waals surface area contributed by atoms with E-state index in [4.69, 9.17) is 11.6 Å². The summed E-state index contributed by atoms with van der Waals surface area (Å²) in [6, 6.07) is 11.5. The number of aromatic nitrogens is 1. The number of hydrogen-bond acceptors (Lipinski definition) is 3. The van der Waals surface area contributed by atoms with Gasteiger partial charge in [0.25, 0.3) is 5.91 Å². The first-order chi connectivity index (χ1) is 10.2. The van der Waals surface area contributed by atoms with E-state index in [0.717, 1.165) is 12.0 Å². The molecule has 0 spiro atoms. The zero-order valence-electron chi connectivity index (χ0n) is 12.1. The number of hydrogen-bond donors (Lipinski definition) is 2. The molecule has 0 saturated carbocycles. The molecular weight excluding hydrogens is 286 g/mol. The van der Waals surface area contributed by atoms with Crippen molar-refractivity contribution in [3.05, 3.63) is 58.7 Å². The lowest BCUT2D eigenvalue weighted by Gasteiger charge is -2.18. The van der Waals surface area contributed by atoms with Gasteiger partial charge in [-0.15, -0.1) is 0 Å². The number of halogens is 1. The van der Waals surface area contributed by atoms with Crippen LogP contribution < -0.4 is 10.6 Å². The summed E-state index contributed by atoms with van der Waals surface area (Å²) in [5, 5.41) is 6.25. The van der Waals surface area contributed by atoms with Gasteiger partial charge in [-0.2, -0.15) is 0 Å². The first kappa shape index (κ1) is 15.3. The average Bonchev–Trinajstić information content (AvgIpc) is 2.53. The molecule has 5 heteroatoms. The van der Waals surface area contributed by atoms with Crippen molar-refractivity contribution < 1.29 is 4.79 Å². The number of anilines is 1. The lowest BCUT2D eigenvalue weighted by Crippen LogP contribution is -2.28. The zero-order valence-corrected chi connectivity index (χ0v) is 12.8. The van der Waals surface area contributed by atoms with Crippen molar-refractivity contribution in [1.29, 1.82) is 0 Å². The van der Waals surface area contributed by atoms with Crippen LogP contribution in [0.25, 0.3) is 0 Å². The Hall–Kier alpha value is -2.07. The summed E-state index contributed by atoms with van der Waals surface area (Å²) in [5.41, 5.74) is 1.50. The third kappa shape index (κ3) is 3.73. The van der Waals surface area contributed by atoms with Gasteiger partial charge in [-0.3, -0.25) is 4.79 Å². The molecule has 2 rings (SSSR count). The molecule has 2 N–H and O–H groups in total. The van der Waals surface area contributed by atoms with Crippen molar-refractivity contribution in [3.63, 3.8) is 0 Å². The van der Waals surface area contributed by atoms with E-state index in [0.29, 0.717) is 16.4 Å². The van der Waals surface area contributed by atoms with Crippen molar-refractivity contribution in [2.75, 3.05) is 12.4 Å². The Morgan fingerprint density at radius 1 is 1.33 bits per heavy atom. The van der Waals surface area contributed by atoms with E-state index in [1.54, 1.807) is 13.1 Å². The monoisotopic (exact) mass is 303 g/mol. The van der Waals surface area contributed by atoms with Crippen LogP contribution in [0, 0.1) is 0 Å². The molecule has 1 amide bonds. The molecule has 1 unspecified atom stereocenters. The second-order valence-corrected chi connectivity index (χ2v) is 5.05. The van der Waals surface area contributed by atoms with E-state index < -0.39 is 0 Å². The molecule has 0 bridgehead atoms. The van der Waals surface area contributed by atoms with Crippen LogP contribution in [0.4, 0.5) is 5.82 Å². The van der Waals surface area contributed by atoms with Gasteiger partial charge in [0.2, 0.25) is 0 Å². The van der Waals surface area contributed by atoms with Crippen LogP contribution in [-0.2, 0) is 0 Å². The van der Waals surface area contributed by atoms with E-state index in [9.17, 15) is 4.79 Å². The van der Waals surface area contributed by atoms with E-state index in [1.165, 1.54) is 6.20 Å². The molecule has 1 atom stereocenters. The standard InChI is InChI=1S/C16H18ClN3O/c1-3-14(11-7-5-4-6-8-11)20-16(21)12-9-15(18-2)19-10-13(12)17/h4-10,14H,3H2,1-2H3,(H,18,19)(H,20,21). The first-order valence-electron chi connectivity index (χ1n) is 6.84. The Labute approximate surface area is 129 Å². The minimum absolute atomic E-state index is 0.0408. The van der Waals surface area contributed by atoms with Crippen LogP contribution >= 0.6 is 11.6 Å². The number of carbonyl (C=O) groups is 1. The molecule has 1 aromatic carbocycles. The van der Waals surface area contributed by atoms with Crippen molar-refractivity contribution in [1.82, 2.24) is 10.3 Å². The molecule has 0 aliphatic rings. The fraction of sp³-hybridized carbons (Fsp3) is 0.250. The summed E-state index contributed by atoms with van der Waals surface area (Å²) >= 11 is 6.07. The maximum atomic E-state index is 12.4. The number of amides is 1. The summed E-state index contributed by atoms with van der Waals surface area (Å²) in [6.07, 6.45) is 2.28. The molecule has 1 heterocycles. The molecule has 0 fully saturated rings. The fourth-order valence-electron chi connectivity index (χ4n) is 2.09. The van der Waals surface area contributed by atoms with Crippen LogP contribution in [0.1, 0.15) is 35.3 Å². The fourth-order valence-corrected chi connectivity index (χ4v) is 2.28. The van der Waals surface area contributed by atoms with Gasteiger partial charge in [-0.1, -0.05) is 48.9 Å². The molecule has 2 aromatic rings. The maximum Gasteiger partial charge on any atom is 0.253 e. The van der Waals surface area contributed by atoms with Crippen LogP contribution in [0.5, 0.6) is 0 Å². The number of pyridine rings is 1. The molecule has 0 aliphatic carbocycles.